The van der Waals surface area contributed by atoms with Crippen LogP contribution in [0.15, 0.2) is 29.1 Å². The lowest BCUT2D eigenvalue weighted by Crippen LogP contribution is -2.15. The maximum atomic E-state index is 12.7. The molecule has 0 aliphatic rings. The Morgan fingerprint density at radius 2 is 1.65 bits per heavy atom. The van der Waals surface area contributed by atoms with Crippen LogP contribution in [0, 0.1) is 13.8 Å². The number of fused-ring (bicyclic) bond motifs is 2. The van der Waals surface area contributed by atoms with Gasteiger partial charge in [0.05, 0.1) is 36.3 Å². The fourth-order valence-electron chi connectivity index (χ4n) is 3.48. The summed E-state index contributed by atoms with van der Waals surface area (Å²) in [5.41, 5.74) is 3.67. The van der Waals surface area contributed by atoms with Crippen molar-refractivity contribution in [2.45, 2.75) is 13.8 Å². The molecule has 2 aromatic heterocycles. The van der Waals surface area contributed by atoms with Crippen LogP contribution < -0.4 is 25.2 Å². The van der Waals surface area contributed by atoms with Crippen molar-refractivity contribution < 1.29 is 9.47 Å². The molecule has 0 fully saturated rings. The van der Waals surface area contributed by atoms with E-state index in [0.29, 0.717) is 33.9 Å². The first-order chi connectivity index (χ1) is 14.8. The van der Waals surface area contributed by atoms with Gasteiger partial charge in [-0.2, -0.15) is 0 Å². The smallest absolute Gasteiger partial charge is 0.260 e. The van der Waals surface area contributed by atoms with Crippen molar-refractivity contribution in [1.82, 2.24) is 19.9 Å². The molecule has 0 amide bonds. The number of methoxy groups -OCH3 is 2. The first kappa shape index (κ1) is 20.4. The Morgan fingerprint density at radius 3 is 2.32 bits per heavy atom. The van der Waals surface area contributed by atoms with Crippen molar-refractivity contribution in [3.63, 3.8) is 0 Å². The van der Waals surface area contributed by atoms with Crippen molar-refractivity contribution in [2.24, 2.45) is 0 Å². The number of anilines is 3. The number of hydrogen-bond donors (Lipinski definition) is 2. The number of rotatable bonds is 5. The average molecular weight is 420 g/mol. The molecule has 0 atom stereocenters. The Balaban J connectivity index is 1.79. The Morgan fingerprint density at radius 1 is 0.935 bits per heavy atom. The summed E-state index contributed by atoms with van der Waals surface area (Å²) in [4.78, 5) is 31.1. The zero-order chi connectivity index (χ0) is 22.3. The van der Waals surface area contributed by atoms with Gasteiger partial charge in [-0.25, -0.2) is 15.0 Å². The number of nitrogens with one attached hydrogen (secondary N) is 2. The van der Waals surface area contributed by atoms with Crippen LogP contribution in [0.2, 0.25) is 0 Å². The number of H-pyrrole nitrogens is 1. The topological polar surface area (TPSA) is 105 Å². The van der Waals surface area contributed by atoms with E-state index >= 15 is 0 Å². The van der Waals surface area contributed by atoms with Crippen molar-refractivity contribution in [1.29, 1.82) is 0 Å². The molecule has 9 heteroatoms. The zero-order valence-corrected chi connectivity index (χ0v) is 18.3. The molecule has 4 aromatic rings. The molecule has 0 aliphatic heterocycles. The lowest BCUT2D eigenvalue weighted by Gasteiger charge is -2.15. The van der Waals surface area contributed by atoms with Gasteiger partial charge in [0.1, 0.15) is 0 Å². The van der Waals surface area contributed by atoms with Gasteiger partial charge >= 0.3 is 0 Å². The molecule has 0 saturated heterocycles. The third-order valence-corrected chi connectivity index (χ3v) is 5.12. The van der Waals surface area contributed by atoms with Crippen LogP contribution in [0.5, 0.6) is 11.5 Å². The fourth-order valence-corrected chi connectivity index (χ4v) is 3.48. The van der Waals surface area contributed by atoms with E-state index in [1.54, 1.807) is 20.3 Å². The molecule has 160 valence electrons. The normalized spacial score (nSPS) is 11.0. The average Bonchev–Trinajstić information content (AvgIpc) is 2.73. The summed E-state index contributed by atoms with van der Waals surface area (Å²) in [7, 11) is 7.02. The highest BCUT2D eigenvalue weighted by Gasteiger charge is 2.13. The highest BCUT2D eigenvalue weighted by Crippen LogP contribution is 2.33. The van der Waals surface area contributed by atoms with Crippen molar-refractivity contribution in [3.05, 3.63) is 45.9 Å². The molecule has 2 N–H and O–H groups in total. The third kappa shape index (κ3) is 3.70. The Bertz CT molecular complexity index is 1360. The monoisotopic (exact) mass is 420 g/mol. The minimum absolute atomic E-state index is 0.233. The molecule has 0 radical (unpaired) electrons. The standard InChI is InChI=1S/C22H24N6O3/c1-11-7-13(28(3)4)8-15-19(11)25-22(26-20(15)29)27-21-23-12(2)14-9-17(30-5)18(31-6)10-16(14)24-21/h7-10H,1-6H3,(H2,23,24,25,26,27,29). The van der Waals surface area contributed by atoms with Gasteiger partial charge in [0.25, 0.3) is 5.56 Å². The highest BCUT2D eigenvalue weighted by atomic mass is 16.5. The van der Waals surface area contributed by atoms with Gasteiger partial charge in [-0.3, -0.25) is 15.1 Å². The number of aromatic nitrogens is 4. The number of aromatic amines is 1. The highest BCUT2D eigenvalue weighted by molar-refractivity contribution is 5.87. The molecule has 0 unspecified atom stereocenters. The van der Waals surface area contributed by atoms with E-state index in [1.807, 2.05) is 51.0 Å². The zero-order valence-electron chi connectivity index (χ0n) is 18.3. The van der Waals surface area contributed by atoms with Crippen molar-refractivity contribution in [2.75, 3.05) is 38.5 Å². The maximum absolute atomic E-state index is 12.7. The lowest BCUT2D eigenvalue weighted by atomic mass is 10.1. The molecule has 0 bridgehead atoms. The summed E-state index contributed by atoms with van der Waals surface area (Å²) >= 11 is 0. The van der Waals surface area contributed by atoms with Gasteiger partial charge in [-0.05, 0) is 37.6 Å². The summed E-state index contributed by atoms with van der Waals surface area (Å²) in [6.45, 7) is 3.81. The molecular formula is C22H24N6O3. The van der Waals surface area contributed by atoms with E-state index in [1.165, 1.54) is 0 Å². The van der Waals surface area contributed by atoms with E-state index in [-0.39, 0.29) is 11.5 Å². The number of aryl methyl sites for hydroxylation is 2. The third-order valence-electron chi connectivity index (χ3n) is 5.12. The Hall–Kier alpha value is -3.88. The summed E-state index contributed by atoms with van der Waals surface area (Å²) in [6, 6.07) is 7.45. The lowest BCUT2D eigenvalue weighted by molar-refractivity contribution is 0.355. The van der Waals surface area contributed by atoms with Gasteiger partial charge < -0.3 is 14.4 Å². The minimum atomic E-state index is -0.233. The molecule has 0 spiro atoms. The number of ether oxygens (including phenoxy) is 2. The van der Waals surface area contributed by atoms with Crippen LogP contribution in [0.1, 0.15) is 11.3 Å². The second-order valence-electron chi connectivity index (χ2n) is 7.45. The van der Waals surface area contributed by atoms with Crippen molar-refractivity contribution in [3.8, 4) is 11.5 Å². The second-order valence-corrected chi connectivity index (χ2v) is 7.45. The van der Waals surface area contributed by atoms with Gasteiger partial charge in [0.15, 0.2) is 11.5 Å². The minimum Gasteiger partial charge on any atom is -0.493 e. The van der Waals surface area contributed by atoms with Gasteiger partial charge in [-0.15, -0.1) is 0 Å². The molecule has 9 nitrogen and oxygen atoms in total. The number of nitrogens with zero attached hydrogens (tertiary/aromatic N) is 4. The van der Waals surface area contributed by atoms with E-state index in [4.69, 9.17) is 9.47 Å². The summed E-state index contributed by atoms with van der Waals surface area (Å²) < 4.78 is 10.7. The van der Waals surface area contributed by atoms with Crippen LogP contribution in [0.25, 0.3) is 21.8 Å². The summed E-state index contributed by atoms with van der Waals surface area (Å²) in [6.07, 6.45) is 0. The second kappa shape index (κ2) is 7.75. The fraction of sp³-hybridized carbons (Fsp3) is 0.273. The van der Waals surface area contributed by atoms with Crippen LogP contribution in [-0.2, 0) is 0 Å². The van der Waals surface area contributed by atoms with Crippen LogP contribution >= 0.6 is 0 Å². The molecule has 4 rings (SSSR count). The summed E-state index contributed by atoms with van der Waals surface area (Å²) in [5.74, 6) is 1.78. The van der Waals surface area contributed by atoms with Crippen molar-refractivity contribution >= 4 is 39.4 Å². The quantitative estimate of drug-likeness (QED) is 0.507. The molecule has 2 heterocycles. The van der Waals surface area contributed by atoms with Crippen LogP contribution in [0.3, 0.4) is 0 Å². The van der Waals surface area contributed by atoms with Gasteiger partial charge in [0, 0.05) is 31.2 Å². The number of hydrogen-bond acceptors (Lipinski definition) is 8. The first-order valence-corrected chi connectivity index (χ1v) is 9.70. The predicted molar refractivity (Wildman–Crippen MR) is 122 cm³/mol. The maximum Gasteiger partial charge on any atom is 0.260 e. The molecule has 31 heavy (non-hydrogen) atoms. The Kier molecular flexibility index (Phi) is 5.10. The number of benzene rings is 2. The summed E-state index contributed by atoms with van der Waals surface area (Å²) in [5, 5.41) is 4.40. The van der Waals surface area contributed by atoms with Gasteiger partial charge in [-0.1, -0.05) is 0 Å². The van der Waals surface area contributed by atoms with Gasteiger partial charge in [0.2, 0.25) is 11.9 Å². The SMILES string of the molecule is COc1cc2nc(Nc3nc4c(C)cc(N(C)C)cc4c(=O)[nH]3)nc(C)c2cc1OC. The van der Waals surface area contributed by atoms with E-state index in [9.17, 15) is 4.79 Å². The Labute approximate surface area is 179 Å². The van der Waals surface area contributed by atoms with E-state index in [2.05, 4.69) is 25.3 Å². The molecule has 0 aliphatic carbocycles. The molecule has 2 aromatic carbocycles. The van der Waals surface area contributed by atoms with E-state index < -0.39 is 0 Å². The molecule has 0 saturated carbocycles. The predicted octanol–water partition coefficient (Wildman–Crippen LogP) is 3.31. The van der Waals surface area contributed by atoms with E-state index in [0.717, 1.165) is 22.3 Å². The largest absolute Gasteiger partial charge is 0.493 e. The van der Waals surface area contributed by atoms with Crippen LogP contribution in [0.4, 0.5) is 17.6 Å². The van der Waals surface area contributed by atoms with Crippen LogP contribution in [-0.4, -0.2) is 48.3 Å². The molecular weight excluding hydrogens is 396 g/mol. The first-order valence-electron chi connectivity index (χ1n) is 9.70.